The Hall–Kier alpha value is -4.05. The van der Waals surface area contributed by atoms with Crippen LogP contribution in [0.25, 0.3) is 0 Å². The van der Waals surface area contributed by atoms with Crippen molar-refractivity contribution in [3.05, 3.63) is 85.8 Å². The molecule has 0 radical (unpaired) electrons. The number of hydrogen-bond acceptors (Lipinski definition) is 7. The molecule has 0 fully saturated rings. The predicted molar refractivity (Wildman–Crippen MR) is 121 cm³/mol. The number of ether oxygens (including phenoxy) is 1. The summed E-state index contributed by atoms with van der Waals surface area (Å²) in [6, 6.07) is 12.4. The molecule has 3 rings (SSSR count). The Labute approximate surface area is 187 Å². The van der Waals surface area contributed by atoms with Crippen molar-refractivity contribution < 1.29 is 24.0 Å². The summed E-state index contributed by atoms with van der Waals surface area (Å²) < 4.78 is 4.82. The lowest BCUT2D eigenvalue weighted by molar-refractivity contribution is -0.384. The molecule has 0 aliphatic heterocycles. The van der Waals surface area contributed by atoms with Crippen LogP contribution in [0.4, 0.5) is 16.4 Å². The Morgan fingerprint density at radius 1 is 1.00 bits per heavy atom. The first kappa shape index (κ1) is 22.6. The molecule has 0 unspecified atom stereocenters. The standard InChI is InChI=1S/C22H19N3O6S/c1-12-7-4-5-10-16(12)23-20(27)18-13(2)17(22(28)31-3)21(32-18)24-19(26)14-8-6-9-15(11-14)25(29)30/h4-11H,1-3H3,(H,23,27)(H,24,26). The van der Waals surface area contributed by atoms with Crippen LogP contribution in [0.15, 0.2) is 48.5 Å². The number of anilines is 2. The maximum Gasteiger partial charge on any atom is 0.341 e. The third kappa shape index (κ3) is 4.65. The highest BCUT2D eigenvalue weighted by molar-refractivity contribution is 7.19. The van der Waals surface area contributed by atoms with Gasteiger partial charge in [0, 0.05) is 23.4 Å². The smallest absolute Gasteiger partial charge is 0.341 e. The van der Waals surface area contributed by atoms with E-state index < -0.39 is 22.7 Å². The highest BCUT2D eigenvalue weighted by Gasteiger charge is 2.27. The number of carbonyl (C=O) groups excluding carboxylic acids is 3. The number of nitrogens with zero attached hydrogens (tertiary/aromatic N) is 1. The van der Waals surface area contributed by atoms with Gasteiger partial charge in [0.25, 0.3) is 17.5 Å². The Morgan fingerprint density at radius 3 is 2.38 bits per heavy atom. The van der Waals surface area contributed by atoms with Gasteiger partial charge in [0.15, 0.2) is 0 Å². The quantitative estimate of drug-likeness (QED) is 0.320. The molecule has 2 aromatic carbocycles. The van der Waals surface area contributed by atoms with Gasteiger partial charge in [-0.25, -0.2) is 4.79 Å². The molecule has 0 saturated carbocycles. The van der Waals surface area contributed by atoms with Crippen molar-refractivity contribution >= 4 is 45.5 Å². The number of hydrogen-bond donors (Lipinski definition) is 2. The van der Waals surface area contributed by atoms with Gasteiger partial charge in [-0.1, -0.05) is 24.3 Å². The zero-order chi connectivity index (χ0) is 23.4. The average Bonchev–Trinajstić information content (AvgIpc) is 3.10. The number of aryl methyl sites for hydroxylation is 1. The van der Waals surface area contributed by atoms with Gasteiger partial charge < -0.3 is 15.4 Å². The number of carbonyl (C=O) groups is 3. The minimum atomic E-state index is -0.719. The molecule has 1 heterocycles. The number of nitro groups is 1. The summed E-state index contributed by atoms with van der Waals surface area (Å²) in [5, 5.41) is 16.5. The number of non-ortho nitro benzene ring substituents is 1. The van der Waals surface area contributed by atoms with Gasteiger partial charge >= 0.3 is 5.97 Å². The number of nitrogens with one attached hydrogen (secondary N) is 2. The second kappa shape index (κ2) is 9.40. The number of amides is 2. The fraction of sp³-hybridized carbons (Fsp3) is 0.136. The first-order chi connectivity index (χ1) is 15.2. The van der Waals surface area contributed by atoms with E-state index in [0.29, 0.717) is 11.3 Å². The van der Waals surface area contributed by atoms with E-state index in [1.54, 1.807) is 19.1 Å². The van der Waals surface area contributed by atoms with E-state index in [1.807, 2.05) is 19.1 Å². The summed E-state index contributed by atoms with van der Waals surface area (Å²) in [7, 11) is 1.19. The molecule has 0 aliphatic rings. The summed E-state index contributed by atoms with van der Waals surface area (Å²) in [5.74, 6) is -1.82. The molecule has 0 spiro atoms. The van der Waals surface area contributed by atoms with E-state index in [0.717, 1.165) is 23.0 Å². The van der Waals surface area contributed by atoms with E-state index in [1.165, 1.54) is 25.3 Å². The fourth-order valence-corrected chi connectivity index (χ4v) is 4.08. The second-order valence-electron chi connectivity index (χ2n) is 6.78. The predicted octanol–water partition coefficient (Wildman–Crippen LogP) is 4.56. The van der Waals surface area contributed by atoms with Gasteiger partial charge in [-0.2, -0.15) is 0 Å². The van der Waals surface area contributed by atoms with E-state index >= 15 is 0 Å². The highest BCUT2D eigenvalue weighted by Crippen LogP contribution is 2.35. The molecule has 1 aromatic heterocycles. The summed E-state index contributed by atoms with van der Waals surface area (Å²) in [4.78, 5) is 48.6. The molecule has 32 heavy (non-hydrogen) atoms. The van der Waals surface area contributed by atoms with Gasteiger partial charge in [-0.3, -0.25) is 19.7 Å². The normalized spacial score (nSPS) is 10.3. The van der Waals surface area contributed by atoms with Crippen molar-refractivity contribution in [1.29, 1.82) is 0 Å². The molecule has 0 saturated heterocycles. The largest absolute Gasteiger partial charge is 0.465 e. The number of thiophene rings is 1. The molecule has 9 nitrogen and oxygen atoms in total. The maximum absolute atomic E-state index is 12.9. The summed E-state index contributed by atoms with van der Waals surface area (Å²) in [5.41, 5.74) is 1.67. The molecule has 2 amide bonds. The lowest BCUT2D eigenvalue weighted by Crippen LogP contribution is -2.14. The lowest BCUT2D eigenvalue weighted by Gasteiger charge is -2.07. The molecule has 2 N–H and O–H groups in total. The number of rotatable bonds is 6. The van der Waals surface area contributed by atoms with Gasteiger partial charge in [0.1, 0.15) is 5.00 Å². The maximum atomic E-state index is 12.9. The zero-order valence-electron chi connectivity index (χ0n) is 17.4. The van der Waals surface area contributed by atoms with Crippen LogP contribution in [0, 0.1) is 24.0 Å². The highest BCUT2D eigenvalue weighted by atomic mass is 32.1. The third-order valence-corrected chi connectivity index (χ3v) is 5.89. The second-order valence-corrected chi connectivity index (χ2v) is 7.80. The lowest BCUT2D eigenvalue weighted by atomic mass is 10.1. The summed E-state index contributed by atoms with van der Waals surface area (Å²) >= 11 is 0.918. The number of benzene rings is 2. The molecular weight excluding hydrogens is 434 g/mol. The van der Waals surface area contributed by atoms with Crippen LogP contribution in [0.2, 0.25) is 0 Å². The molecule has 10 heteroatoms. The topological polar surface area (TPSA) is 128 Å². The summed E-state index contributed by atoms with van der Waals surface area (Å²) in [6.07, 6.45) is 0. The van der Waals surface area contributed by atoms with E-state index in [4.69, 9.17) is 4.74 Å². The number of methoxy groups -OCH3 is 1. The van der Waals surface area contributed by atoms with Crippen LogP contribution in [-0.4, -0.2) is 29.8 Å². The molecule has 0 atom stereocenters. The van der Waals surface area contributed by atoms with Crippen molar-refractivity contribution in [2.45, 2.75) is 13.8 Å². The van der Waals surface area contributed by atoms with Crippen LogP contribution in [0.5, 0.6) is 0 Å². The van der Waals surface area contributed by atoms with Crippen LogP contribution in [0.3, 0.4) is 0 Å². The van der Waals surface area contributed by atoms with Gasteiger partial charge in [-0.05, 0) is 37.1 Å². The van der Waals surface area contributed by atoms with Crippen LogP contribution in [-0.2, 0) is 4.74 Å². The van der Waals surface area contributed by atoms with Crippen molar-refractivity contribution in [2.24, 2.45) is 0 Å². The van der Waals surface area contributed by atoms with Crippen LogP contribution < -0.4 is 10.6 Å². The Kier molecular flexibility index (Phi) is 6.64. The first-order valence-corrected chi connectivity index (χ1v) is 10.2. The molecule has 0 bridgehead atoms. The SMILES string of the molecule is COC(=O)c1c(NC(=O)c2cccc([N+](=O)[O-])c2)sc(C(=O)Nc2ccccc2C)c1C. The first-order valence-electron chi connectivity index (χ1n) is 9.37. The van der Waals surface area contributed by atoms with Gasteiger partial charge in [-0.15, -0.1) is 11.3 Å². The van der Waals surface area contributed by atoms with Crippen LogP contribution >= 0.6 is 11.3 Å². The number of esters is 1. The van der Waals surface area contributed by atoms with Gasteiger partial charge in [0.05, 0.1) is 22.5 Å². The van der Waals surface area contributed by atoms with Crippen molar-refractivity contribution in [2.75, 3.05) is 17.7 Å². The molecular formula is C22H19N3O6S. The minimum Gasteiger partial charge on any atom is -0.465 e. The Morgan fingerprint density at radius 2 is 1.72 bits per heavy atom. The molecule has 3 aromatic rings. The molecule has 164 valence electrons. The van der Waals surface area contributed by atoms with Crippen molar-refractivity contribution in [3.63, 3.8) is 0 Å². The number of nitro benzene ring substituents is 1. The molecule has 0 aliphatic carbocycles. The number of para-hydroxylation sites is 1. The van der Waals surface area contributed by atoms with Crippen molar-refractivity contribution in [1.82, 2.24) is 0 Å². The Balaban J connectivity index is 1.95. The third-order valence-electron chi connectivity index (χ3n) is 4.68. The monoisotopic (exact) mass is 453 g/mol. The van der Waals surface area contributed by atoms with Crippen molar-refractivity contribution in [3.8, 4) is 0 Å². The van der Waals surface area contributed by atoms with Gasteiger partial charge in [0.2, 0.25) is 0 Å². The van der Waals surface area contributed by atoms with E-state index in [-0.39, 0.29) is 26.7 Å². The fourth-order valence-electron chi connectivity index (χ4n) is 2.99. The van der Waals surface area contributed by atoms with E-state index in [2.05, 4.69) is 10.6 Å². The average molecular weight is 453 g/mol. The van der Waals surface area contributed by atoms with E-state index in [9.17, 15) is 24.5 Å². The Bertz CT molecular complexity index is 1230. The zero-order valence-corrected chi connectivity index (χ0v) is 18.2. The summed E-state index contributed by atoms with van der Waals surface area (Å²) in [6.45, 7) is 3.43. The minimum absolute atomic E-state index is 0.0342. The van der Waals surface area contributed by atoms with Crippen LogP contribution in [0.1, 0.15) is 41.5 Å².